The summed E-state index contributed by atoms with van der Waals surface area (Å²) < 4.78 is 27.1. The third-order valence-electron chi connectivity index (χ3n) is 3.72. The van der Waals surface area contributed by atoms with Gasteiger partial charge in [0.1, 0.15) is 0 Å². The van der Waals surface area contributed by atoms with Crippen LogP contribution in [0, 0.1) is 6.92 Å². The average Bonchev–Trinajstić information content (AvgIpc) is 2.58. The summed E-state index contributed by atoms with van der Waals surface area (Å²) in [6.45, 7) is 1.70. The molecule has 7 heteroatoms. The molecule has 1 aromatic rings. The Hall–Kier alpha value is -0.660. The minimum absolute atomic E-state index is 0.107. The van der Waals surface area contributed by atoms with Crippen molar-refractivity contribution < 1.29 is 8.42 Å². The number of hydrogen-bond donors (Lipinski definition) is 1. The van der Waals surface area contributed by atoms with Gasteiger partial charge < -0.3 is 5.73 Å². The second kappa shape index (κ2) is 5.76. The molecular formula is C12H21N3O2S2. The van der Waals surface area contributed by atoms with Crippen LogP contribution < -0.4 is 5.73 Å². The zero-order valence-corrected chi connectivity index (χ0v) is 13.1. The SMILES string of the molecule is Cc1nc(N)sc1S(=O)(=O)N(C)C1CCCCCC1. The van der Waals surface area contributed by atoms with Gasteiger partial charge in [-0.3, -0.25) is 0 Å². The fourth-order valence-electron chi connectivity index (χ4n) is 2.59. The van der Waals surface area contributed by atoms with Crippen LogP contribution >= 0.6 is 11.3 Å². The standard InChI is InChI=1S/C12H21N3O2S2/c1-9-11(18-12(13)14-9)19(16,17)15(2)10-7-5-3-4-6-8-10/h10H,3-8H2,1-2H3,(H2,13,14). The largest absolute Gasteiger partial charge is 0.375 e. The van der Waals surface area contributed by atoms with E-state index in [0.717, 1.165) is 37.0 Å². The maximum Gasteiger partial charge on any atom is 0.254 e. The van der Waals surface area contributed by atoms with Gasteiger partial charge in [0, 0.05) is 13.1 Å². The number of thiazole rings is 1. The summed E-state index contributed by atoms with van der Waals surface area (Å²) in [6.07, 6.45) is 6.52. The molecule has 1 heterocycles. The summed E-state index contributed by atoms with van der Waals surface area (Å²) in [6, 6.07) is 0.107. The maximum absolute atomic E-state index is 12.6. The Morgan fingerprint density at radius 1 is 1.26 bits per heavy atom. The lowest BCUT2D eigenvalue weighted by Gasteiger charge is -2.25. The van der Waals surface area contributed by atoms with Crippen molar-refractivity contribution in [1.29, 1.82) is 0 Å². The molecule has 1 saturated carbocycles. The van der Waals surface area contributed by atoms with Crippen LogP contribution in [0.5, 0.6) is 0 Å². The molecule has 108 valence electrons. The first-order valence-corrected chi connectivity index (χ1v) is 8.89. The van der Waals surface area contributed by atoms with Crippen molar-refractivity contribution in [3.05, 3.63) is 5.69 Å². The molecule has 0 atom stereocenters. The Labute approximate surface area is 118 Å². The molecule has 1 fully saturated rings. The highest BCUT2D eigenvalue weighted by Gasteiger charge is 2.31. The number of rotatable bonds is 3. The molecule has 1 aliphatic carbocycles. The van der Waals surface area contributed by atoms with Crippen molar-refractivity contribution in [2.45, 2.75) is 55.7 Å². The third-order valence-corrected chi connectivity index (χ3v) is 7.21. The van der Waals surface area contributed by atoms with Crippen molar-refractivity contribution in [3.63, 3.8) is 0 Å². The molecule has 0 amide bonds. The van der Waals surface area contributed by atoms with Crippen molar-refractivity contribution in [2.75, 3.05) is 12.8 Å². The molecular weight excluding hydrogens is 282 g/mol. The first-order valence-electron chi connectivity index (χ1n) is 6.64. The quantitative estimate of drug-likeness (QED) is 0.870. The van der Waals surface area contributed by atoms with Gasteiger partial charge in [0.25, 0.3) is 10.0 Å². The van der Waals surface area contributed by atoms with E-state index in [1.165, 1.54) is 17.1 Å². The molecule has 2 N–H and O–H groups in total. The van der Waals surface area contributed by atoms with E-state index in [1.54, 1.807) is 14.0 Å². The molecule has 0 aromatic carbocycles. The smallest absolute Gasteiger partial charge is 0.254 e. The van der Waals surface area contributed by atoms with Crippen molar-refractivity contribution in [2.24, 2.45) is 0 Å². The van der Waals surface area contributed by atoms with E-state index in [-0.39, 0.29) is 10.3 Å². The molecule has 0 saturated heterocycles. The zero-order valence-electron chi connectivity index (χ0n) is 11.4. The summed E-state index contributed by atoms with van der Waals surface area (Å²) in [5.41, 5.74) is 6.11. The highest BCUT2D eigenvalue weighted by Crippen LogP contribution is 2.31. The molecule has 2 rings (SSSR count). The highest BCUT2D eigenvalue weighted by atomic mass is 32.2. The monoisotopic (exact) mass is 303 g/mol. The fraction of sp³-hybridized carbons (Fsp3) is 0.750. The van der Waals surface area contributed by atoms with Gasteiger partial charge in [-0.2, -0.15) is 4.31 Å². The molecule has 19 heavy (non-hydrogen) atoms. The number of nitrogen functional groups attached to an aromatic ring is 1. The molecule has 1 aliphatic rings. The lowest BCUT2D eigenvalue weighted by molar-refractivity contribution is 0.336. The van der Waals surface area contributed by atoms with Crippen molar-refractivity contribution >= 4 is 26.5 Å². The van der Waals surface area contributed by atoms with Gasteiger partial charge in [-0.25, -0.2) is 13.4 Å². The summed E-state index contributed by atoms with van der Waals surface area (Å²) in [5, 5.41) is 0.311. The number of sulfonamides is 1. The predicted molar refractivity (Wildman–Crippen MR) is 77.7 cm³/mol. The van der Waals surface area contributed by atoms with Gasteiger partial charge in [-0.15, -0.1) is 0 Å². The molecule has 1 aromatic heterocycles. The highest BCUT2D eigenvalue weighted by molar-refractivity contribution is 7.91. The van der Waals surface area contributed by atoms with E-state index in [2.05, 4.69) is 4.98 Å². The van der Waals surface area contributed by atoms with Crippen LogP contribution in [0.15, 0.2) is 4.21 Å². The fourth-order valence-corrected chi connectivity index (χ4v) is 5.47. The van der Waals surface area contributed by atoms with Gasteiger partial charge in [0.05, 0.1) is 5.69 Å². The predicted octanol–water partition coefficient (Wildman–Crippen LogP) is 2.38. The number of aromatic nitrogens is 1. The lowest BCUT2D eigenvalue weighted by Crippen LogP contribution is -2.36. The van der Waals surface area contributed by atoms with Crippen LogP contribution in [0.2, 0.25) is 0 Å². The van der Waals surface area contributed by atoms with E-state index < -0.39 is 10.0 Å². The van der Waals surface area contributed by atoms with Gasteiger partial charge in [-0.1, -0.05) is 37.0 Å². The lowest BCUT2D eigenvalue weighted by atomic mass is 10.1. The zero-order chi connectivity index (χ0) is 14.0. The molecule has 0 spiro atoms. The summed E-state index contributed by atoms with van der Waals surface area (Å²) in [4.78, 5) is 4.01. The molecule has 0 unspecified atom stereocenters. The van der Waals surface area contributed by atoms with Gasteiger partial charge in [-0.05, 0) is 19.8 Å². The summed E-state index contributed by atoms with van der Waals surface area (Å²) >= 11 is 1.06. The molecule has 0 radical (unpaired) electrons. The van der Waals surface area contributed by atoms with Crippen LogP contribution in [0.4, 0.5) is 5.13 Å². The summed E-state index contributed by atoms with van der Waals surface area (Å²) in [5.74, 6) is 0. The number of anilines is 1. The topological polar surface area (TPSA) is 76.3 Å². The number of nitrogens with zero attached hydrogens (tertiary/aromatic N) is 2. The van der Waals surface area contributed by atoms with E-state index >= 15 is 0 Å². The van der Waals surface area contributed by atoms with E-state index in [9.17, 15) is 8.42 Å². The molecule has 5 nitrogen and oxygen atoms in total. The first-order chi connectivity index (χ1) is 8.93. The molecule has 0 aliphatic heterocycles. The summed E-state index contributed by atoms with van der Waals surface area (Å²) in [7, 11) is -1.77. The number of aryl methyl sites for hydroxylation is 1. The van der Waals surface area contributed by atoms with Crippen LogP contribution in [0.3, 0.4) is 0 Å². The Balaban J connectivity index is 2.25. The first kappa shape index (κ1) is 14.7. The third kappa shape index (κ3) is 3.09. The van der Waals surface area contributed by atoms with Gasteiger partial charge >= 0.3 is 0 Å². The second-order valence-corrected chi connectivity index (χ2v) is 8.32. The Bertz CT molecular complexity index is 531. The normalized spacial score (nSPS) is 18.7. The minimum Gasteiger partial charge on any atom is -0.375 e. The number of nitrogens with two attached hydrogens (primary N) is 1. The van der Waals surface area contributed by atoms with Crippen LogP contribution in [-0.4, -0.2) is 30.8 Å². The number of hydrogen-bond acceptors (Lipinski definition) is 5. The van der Waals surface area contributed by atoms with Crippen LogP contribution in [-0.2, 0) is 10.0 Å². The van der Waals surface area contributed by atoms with Crippen molar-refractivity contribution in [1.82, 2.24) is 9.29 Å². The van der Waals surface area contributed by atoms with Crippen molar-refractivity contribution in [3.8, 4) is 0 Å². The second-order valence-electron chi connectivity index (χ2n) is 5.09. The maximum atomic E-state index is 12.6. The van der Waals surface area contributed by atoms with Gasteiger partial charge in [0.15, 0.2) is 9.34 Å². The Kier molecular flexibility index (Phi) is 4.47. The van der Waals surface area contributed by atoms with Crippen LogP contribution in [0.25, 0.3) is 0 Å². The van der Waals surface area contributed by atoms with E-state index in [4.69, 9.17) is 5.73 Å². The minimum atomic E-state index is -3.46. The Morgan fingerprint density at radius 2 is 1.84 bits per heavy atom. The average molecular weight is 303 g/mol. The Morgan fingerprint density at radius 3 is 2.32 bits per heavy atom. The van der Waals surface area contributed by atoms with Crippen LogP contribution in [0.1, 0.15) is 44.2 Å². The molecule has 0 bridgehead atoms. The van der Waals surface area contributed by atoms with E-state index in [0.29, 0.717) is 10.8 Å². The van der Waals surface area contributed by atoms with Gasteiger partial charge in [0.2, 0.25) is 0 Å². The van der Waals surface area contributed by atoms with E-state index in [1.807, 2.05) is 0 Å².